The number of aryl methyl sites for hydroxylation is 1. The van der Waals surface area contributed by atoms with E-state index in [0.29, 0.717) is 42.5 Å². The van der Waals surface area contributed by atoms with E-state index < -0.39 is 5.60 Å². The number of carbonyl (C=O) groups excluding carboxylic acids is 2. The summed E-state index contributed by atoms with van der Waals surface area (Å²) < 4.78 is 5.65. The van der Waals surface area contributed by atoms with Crippen LogP contribution in [0.4, 0.5) is 4.79 Å². The molecule has 0 aliphatic carbocycles. The summed E-state index contributed by atoms with van der Waals surface area (Å²) in [7, 11) is 0. The molecule has 0 N–H and O–H groups in total. The minimum absolute atomic E-state index is 0.0908. The third-order valence-electron chi connectivity index (χ3n) is 5.90. The van der Waals surface area contributed by atoms with Crippen molar-refractivity contribution in [2.24, 2.45) is 0 Å². The number of ether oxygens (including phenoxy) is 1. The predicted octanol–water partition coefficient (Wildman–Crippen LogP) is 4.71. The lowest BCUT2D eigenvalue weighted by Gasteiger charge is -2.34. The van der Waals surface area contributed by atoms with Crippen molar-refractivity contribution in [3.05, 3.63) is 57.6 Å². The van der Waals surface area contributed by atoms with Crippen molar-refractivity contribution in [3.63, 3.8) is 0 Å². The molecule has 7 nitrogen and oxygen atoms in total. The second-order valence-corrected chi connectivity index (χ2v) is 9.90. The number of nitrogens with zero attached hydrogens (tertiary/aromatic N) is 4. The van der Waals surface area contributed by atoms with Crippen LogP contribution in [-0.4, -0.2) is 50.5 Å². The standard InChI is InChI=1S/C24H29ClN4O3/c1-15-26-12-17(13-27-15)22(30)28-9-7-16-10-18(25)11-19(20(16)14-28)21-6-5-8-29(21)23(31)32-24(2,3)4/h10-13,21H,5-9,14H2,1-4H3/t21-/m0/s1. The number of aromatic nitrogens is 2. The van der Waals surface area contributed by atoms with Crippen LogP contribution in [0.5, 0.6) is 0 Å². The highest BCUT2D eigenvalue weighted by atomic mass is 35.5. The van der Waals surface area contributed by atoms with E-state index in [9.17, 15) is 9.59 Å². The highest BCUT2D eigenvalue weighted by molar-refractivity contribution is 6.30. The molecule has 1 aromatic heterocycles. The van der Waals surface area contributed by atoms with Crippen molar-refractivity contribution in [2.75, 3.05) is 13.1 Å². The quantitative estimate of drug-likeness (QED) is 0.654. The van der Waals surface area contributed by atoms with Gasteiger partial charge in [0.1, 0.15) is 11.4 Å². The first-order valence-electron chi connectivity index (χ1n) is 11.0. The highest BCUT2D eigenvalue weighted by Gasteiger charge is 2.36. The first kappa shape index (κ1) is 22.5. The minimum Gasteiger partial charge on any atom is -0.444 e. The molecule has 1 saturated heterocycles. The number of hydrogen-bond acceptors (Lipinski definition) is 5. The van der Waals surface area contributed by atoms with E-state index in [1.54, 1.807) is 24.2 Å². The molecule has 0 saturated carbocycles. The molecule has 8 heteroatoms. The lowest BCUT2D eigenvalue weighted by Crippen LogP contribution is -2.39. The Bertz CT molecular complexity index is 1030. The van der Waals surface area contributed by atoms with Crippen LogP contribution < -0.4 is 0 Å². The van der Waals surface area contributed by atoms with Crippen LogP contribution in [-0.2, 0) is 17.7 Å². The molecule has 0 spiro atoms. The van der Waals surface area contributed by atoms with Crippen LogP contribution in [0.15, 0.2) is 24.5 Å². The maximum absolute atomic E-state index is 13.1. The predicted molar refractivity (Wildman–Crippen MR) is 122 cm³/mol. The van der Waals surface area contributed by atoms with E-state index >= 15 is 0 Å². The molecule has 2 amide bonds. The zero-order valence-electron chi connectivity index (χ0n) is 19.0. The largest absolute Gasteiger partial charge is 0.444 e. The Morgan fingerprint density at radius 1 is 1.16 bits per heavy atom. The van der Waals surface area contributed by atoms with Crippen molar-refractivity contribution in [2.45, 2.75) is 65.1 Å². The number of amides is 2. The van der Waals surface area contributed by atoms with E-state index in [2.05, 4.69) is 9.97 Å². The summed E-state index contributed by atoms with van der Waals surface area (Å²) in [6.45, 7) is 9.11. The van der Waals surface area contributed by atoms with Gasteiger partial charge in [0.05, 0.1) is 11.6 Å². The van der Waals surface area contributed by atoms with Crippen molar-refractivity contribution in [1.29, 1.82) is 0 Å². The number of benzene rings is 1. The maximum atomic E-state index is 13.1. The summed E-state index contributed by atoms with van der Waals surface area (Å²) in [6.07, 6.45) is 5.28. The average molecular weight is 457 g/mol. The number of fused-ring (bicyclic) bond motifs is 1. The third-order valence-corrected chi connectivity index (χ3v) is 6.11. The second-order valence-electron chi connectivity index (χ2n) is 9.46. The monoisotopic (exact) mass is 456 g/mol. The summed E-state index contributed by atoms with van der Waals surface area (Å²) in [5, 5.41) is 0.654. The van der Waals surface area contributed by atoms with Crippen molar-refractivity contribution < 1.29 is 14.3 Å². The molecule has 2 aliphatic rings. The molecular weight excluding hydrogens is 428 g/mol. The Balaban J connectivity index is 1.63. The average Bonchev–Trinajstić information content (AvgIpc) is 3.21. The summed E-state index contributed by atoms with van der Waals surface area (Å²) >= 11 is 6.47. The Hall–Kier alpha value is -2.67. The van der Waals surface area contributed by atoms with Gasteiger partial charge in [0.25, 0.3) is 5.91 Å². The Kier molecular flexibility index (Phi) is 6.12. The molecule has 32 heavy (non-hydrogen) atoms. The Morgan fingerprint density at radius 2 is 1.88 bits per heavy atom. The highest BCUT2D eigenvalue weighted by Crippen LogP contribution is 2.39. The van der Waals surface area contributed by atoms with Gasteiger partial charge in [-0.15, -0.1) is 0 Å². The topological polar surface area (TPSA) is 75.6 Å². The van der Waals surface area contributed by atoms with Crippen molar-refractivity contribution in [3.8, 4) is 0 Å². The van der Waals surface area contributed by atoms with Gasteiger partial charge < -0.3 is 14.5 Å². The van der Waals surface area contributed by atoms with E-state index in [1.807, 2.05) is 37.8 Å². The molecule has 0 radical (unpaired) electrons. The number of carbonyl (C=O) groups is 2. The molecule has 1 fully saturated rings. The summed E-state index contributed by atoms with van der Waals surface area (Å²) in [6, 6.07) is 3.80. The van der Waals surface area contributed by atoms with Crippen LogP contribution >= 0.6 is 11.6 Å². The number of halogens is 1. The van der Waals surface area contributed by atoms with Crippen LogP contribution in [0.1, 0.15) is 72.5 Å². The Morgan fingerprint density at radius 3 is 2.56 bits per heavy atom. The SMILES string of the molecule is Cc1ncc(C(=O)N2CCc3cc(Cl)cc([C@@H]4CCCN4C(=O)OC(C)(C)C)c3C2)cn1. The van der Waals surface area contributed by atoms with E-state index in [4.69, 9.17) is 16.3 Å². The van der Waals surface area contributed by atoms with Gasteiger partial charge >= 0.3 is 6.09 Å². The van der Waals surface area contributed by atoms with Gasteiger partial charge in [-0.3, -0.25) is 4.79 Å². The van der Waals surface area contributed by atoms with Gasteiger partial charge in [-0.25, -0.2) is 14.8 Å². The first-order valence-corrected chi connectivity index (χ1v) is 11.4. The van der Waals surface area contributed by atoms with Gasteiger partial charge in [-0.2, -0.15) is 0 Å². The van der Waals surface area contributed by atoms with Crippen LogP contribution in [0.25, 0.3) is 0 Å². The molecule has 2 aromatic rings. The fraction of sp³-hybridized carbons (Fsp3) is 0.500. The van der Waals surface area contributed by atoms with Crippen LogP contribution in [0.3, 0.4) is 0 Å². The molecule has 2 aliphatic heterocycles. The maximum Gasteiger partial charge on any atom is 0.410 e. The fourth-order valence-corrected chi connectivity index (χ4v) is 4.69. The fourth-order valence-electron chi connectivity index (χ4n) is 4.44. The minimum atomic E-state index is -0.558. The van der Waals surface area contributed by atoms with Gasteiger partial charge in [-0.05, 0) is 75.8 Å². The van der Waals surface area contributed by atoms with Crippen molar-refractivity contribution >= 4 is 23.6 Å². The van der Waals surface area contributed by atoms with Gasteiger partial charge in [-0.1, -0.05) is 11.6 Å². The summed E-state index contributed by atoms with van der Waals surface area (Å²) in [4.78, 5) is 37.9. The molecule has 4 rings (SSSR count). The summed E-state index contributed by atoms with van der Waals surface area (Å²) in [5.41, 5.74) is 3.13. The summed E-state index contributed by atoms with van der Waals surface area (Å²) in [5.74, 6) is 0.540. The van der Waals surface area contributed by atoms with Crippen molar-refractivity contribution in [1.82, 2.24) is 19.8 Å². The van der Waals surface area contributed by atoms with Crippen LogP contribution in [0.2, 0.25) is 5.02 Å². The first-order chi connectivity index (χ1) is 15.1. The normalized spacial score (nSPS) is 18.5. The Labute approximate surface area is 193 Å². The van der Waals surface area contributed by atoms with Crippen LogP contribution in [0, 0.1) is 6.92 Å². The smallest absolute Gasteiger partial charge is 0.410 e. The van der Waals surface area contributed by atoms with Gasteiger partial charge in [0.15, 0.2) is 0 Å². The molecule has 170 valence electrons. The molecule has 3 heterocycles. The second kappa shape index (κ2) is 8.70. The third kappa shape index (κ3) is 4.72. The number of rotatable bonds is 2. The van der Waals surface area contributed by atoms with Gasteiger partial charge in [0, 0.05) is 37.1 Å². The molecule has 1 atom stereocenters. The zero-order valence-corrected chi connectivity index (χ0v) is 19.8. The molecule has 1 aromatic carbocycles. The lowest BCUT2D eigenvalue weighted by atomic mass is 9.90. The zero-order chi connectivity index (χ0) is 23.0. The molecule has 0 unspecified atom stereocenters. The van der Waals surface area contributed by atoms with E-state index in [1.165, 1.54) is 0 Å². The molecular formula is C24H29ClN4O3. The number of hydrogen-bond donors (Lipinski definition) is 0. The van der Waals surface area contributed by atoms with Gasteiger partial charge in [0.2, 0.25) is 0 Å². The number of likely N-dealkylation sites (tertiary alicyclic amines) is 1. The van der Waals surface area contributed by atoms with E-state index in [-0.39, 0.29) is 18.0 Å². The van der Waals surface area contributed by atoms with E-state index in [0.717, 1.165) is 29.5 Å². The molecule has 0 bridgehead atoms. The lowest BCUT2D eigenvalue weighted by molar-refractivity contribution is 0.0222.